The normalized spacial score (nSPS) is 19.1. The Balaban J connectivity index is 1.21. The highest BCUT2D eigenvalue weighted by Crippen LogP contribution is 2.44. The summed E-state index contributed by atoms with van der Waals surface area (Å²) in [4.78, 5) is 35.7. The largest absolute Gasteiger partial charge is 0.481 e. The molecule has 0 spiro atoms. The van der Waals surface area contributed by atoms with Crippen molar-refractivity contribution >= 4 is 18.0 Å². The number of carbonyl (C=O) groups excluding carboxylic acids is 2. The van der Waals surface area contributed by atoms with E-state index in [4.69, 9.17) is 9.84 Å². The van der Waals surface area contributed by atoms with Crippen LogP contribution in [0, 0.1) is 23.7 Å². The fraction of sp³-hybridized carbons (Fsp3) is 0.444. The van der Waals surface area contributed by atoms with Gasteiger partial charge in [-0.2, -0.15) is 0 Å². The monoisotopic (exact) mass is 464 g/mol. The maximum Gasteiger partial charge on any atom is 0.407 e. The van der Waals surface area contributed by atoms with Crippen molar-refractivity contribution in [2.45, 2.75) is 32.6 Å². The number of carboxylic acids is 1. The van der Waals surface area contributed by atoms with E-state index >= 15 is 0 Å². The van der Waals surface area contributed by atoms with E-state index in [2.05, 4.69) is 34.9 Å². The van der Waals surface area contributed by atoms with Gasteiger partial charge in [-0.05, 0) is 46.4 Å². The highest BCUT2D eigenvalue weighted by molar-refractivity contribution is 5.82. The molecule has 2 aliphatic carbocycles. The summed E-state index contributed by atoms with van der Waals surface area (Å²) in [5.74, 6) is -0.916. The van der Waals surface area contributed by atoms with Crippen LogP contribution in [0.3, 0.4) is 0 Å². The van der Waals surface area contributed by atoms with E-state index in [0.29, 0.717) is 19.5 Å². The van der Waals surface area contributed by atoms with Gasteiger partial charge in [0.15, 0.2) is 0 Å². The summed E-state index contributed by atoms with van der Waals surface area (Å²) in [6, 6.07) is 16.4. The van der Waals surface area contributed by atoms with E-state index in [1.807, 2.05) is 38.1 Å². The van der Waals surface area contributed by atoms with Gasteiger partial charge in [-0.1, -0.05) is 62.4 Å². The average molecular weight is 465 g/mol. The highest BCUT2D eigenvalue weighted by Gasteiger charge is 2.43. The van der Waals surface area contributed by atoms with Gasteiger partial charge in [0.2, 0.25) is 5.91 Å². The quantitative estimate of drug-likeness (QED) is 0.493. The van der Waals surface area contributed by atoms with Gasteiger partial charge in [0.1, 0.15) is 6.61 Å². The Labute approximate surface area is 199 Å². The van der Waals surface area contributed by atoms with Crippen molar-refractivity contribution in [3.8, 4) is 11.1 Å². The minimum absolute atomic E-state index is 0.0114. The van der Waals surface area contributed by atoms with Crippen LogP contribution in [0.2, 0.25) is 0 Å². The molecule has 3 atom stereocenters. The van der Waals surface area contributed by atoms with E-state index in [0.717, 1.165) is 11.1 Å². The molecule has 0 saturated heterocycles. The predicted octanol–water partition coefficient (Wildman–Crippen LogP) is 4.02. The Kier molecular flexibility index (Phi) is 7.20. The Morgan fingerprint density at radius 2 is 1.62 bits per heavy atom. The van der Waals surface area contributed by atoms with Gasteiger partial charge in [-0.3, -0.25) is 9.59 Å². The topological polar surface area (TPSA) is 105 Å². The van der Waals surface area contributed by atoms with Gasteiger partial charge >= 0.3 is 12.1 Å². The molecule has 2 aliphatic rings. The number of rotatable bonds is 10. The van der Waals surface area contributed by atoms with Crippen LogP contribution in [0.1, 0.15) is 43.7 Å². The van der Waals surface area contributed by atoms with E-state index in [9.17, 15) is 14.4 Å². The summed E-state index contributed by atoms with van der Waals surface area (Å²) < 4.78 is 5.55. The number of hydrogen-bond acceptors (Lipinski definition) is 4. The number of ether oxygens (including phenoxy) is 1. The summed E-state index contributed by atoms with van der Waals surface area (Å²) in [6.45, 7) is 4.91. The second-order valence-electron chi connectivity index (χ2n) is 9.66. The molecule has 180 valence electrons. The maximum absolute atomic E-state index is 12.4. The fourth-order valence-corrected chi connectivity index (χ4v) is 4.79. The summed E-state index contributed by atoms with van der Waals surface area (Å²) in [7, 11) is 0. The number of amides is 2. The molecule has 1 saturated carbocycles. The third kappa shape index (κ3) is 5.41. The molecule has 7 nitrogen and oxygen atoms in total. The third-order valence-electron chi connectivity index (χ3n) is 7.03. The summed E-state index contributed by atoms with van der Waals surface area (Å²) in [6.07, 6.45) is 0.269. The Bertz CT molecular complexity index is 1020. The van der Waals surface area contributed by atoms with E-state index < -0.39 is 12.1 Å². The van der Waals surface area contributed by atoms with Crippen LogP contribution in [0.5, 0.6) is 0 Å². The standard InChI is InChI=1S/C27H32N2O5/c1-16(2)17(12-25(30)31)13-28-26(32)23-11-18(23)14-29-27(33)34-15-24-21-9-5-3-7-19(21)20-8-4-6-10-22(20)24/h3-10,16-18,23-24H,11-15H2,1-2H3,(H,28,32)(H,29,33)(H,30,31). The lowest BCUT2D eigenvalue weighted by atomic mass is 9.92. The number of nitrogens with one attached hydrogen (secondary N) is 2. The average Bonchev–Trinajstić information content (AvgIpc) is 3.53. The first-order chi connectivity index (χ1) is 16.3. The van der Waals surface area contributed by atoms with Crippen molar-refractivity contribution in [1.29, 1.82) is 0 Å². The molecule has 4 rings (SSSR count). The van der Waals surface area contributed by atoms with Crippen molar-refractivity contribution in [3.05, 3.63) is 59.7 Å². The van der Waals surface area contributed by atoms with Crippen LogP contribution in [0.15, 0.2) is 48.5 Å². The van der Waals surface area contributed by atoms with Crippen LogP contribution in [0.4, 0.5) is 4.79 Å². The van der Waals surface area contributed by atoms with Crippen molar-refractivity contribution in [3.63, 3.8) is 0 Å². The molecule has 0 heterocycles. The first kappa shape index (κ1) is 23.8. The molecule has 0 aromatic heterocycles. The van der Waals surface area contributed by atoms with Gasteiger partial charge in [-0.25, -0.2) is 4.79 Å². The summed E-state index contributed by atoms with van der Waals surface area (Å²) in [5.41, 5.74) is 4.69. The molecule has 3 unspecified atom stereocenters. The van der Waals surface area contributed by atoms with Crippen LogP contribution in [-0.2, 0) is 14.3 Å². The molecule has 1 fully saturated rings. The highest BCUT2D eigenvalue weighted by atomic mass is 16.5. The van der Waals surface area contributed by atoms with Crippen LogP contribution in [0.25, 0.3) is 11.1 Å². The molecule has 2 amide bonds. The number of aliphatic carboxylic acids is 1. The SMILES string of the molecule is CC(C)C(CNC(=O)C1CC1CNC(=O)OCC1c2ccccc2-c2ccccc21)CC(=O)O. The summed E-state index contributed by atoms with van der Waals surface area (Å²) in [5, 5.41) is 14.7. The minimum Gasteiger partial charge on any atom is -0.481 e. The summed E-state index contributed by atoms with van der Waals surface area (Å²) >= 11 is 0. The first-order valence-corrected chi connectivity index (χ1v) is 11.9. The Morgan fingerprint density at radius 1 is 1.00 bits per heavy atom. The van der Waals surface area contributed by atoms with Crippen molar-refractivity contribution in [2.75, 3.05) is 19.7 Å². The lowest BCUT2D eigenvalue weighted by Gasteiger charge is -2.19. The second kappa shape index (κ2) is 10.3. The molecule has 0 bridgehead atoms. The van der Waals surface area contributed by atoms with Crippen molar-refractivity contribution in [2.24, 2.45) is 23.7 Å². The zero-order valence-electron chi connectivity index (χ0n) is 19.6. The van der Waals surface area contributed by atoms with Gasteiger partial charge in [0.25, 0.3) is 0 Å². The molecule has 34 heavy (non-hydrogen) atoms. The maximum atomic E-state index is 12.4. The number of hydrogen-bond donors (Lipinski definition) is 3. The zero-order chi connectivity index (χ0) is 24.2. The van der Waals surface area contributed by atoms with Gasteiger partial charge in [-0.15, -0.1) is 0 Å². The molecule has 0 aliphatic heterocycles. The smallest absolute Gasteiger partial charge is 0.407 e. The lowest BCUT2D eigenvalue weighted by molar-refractivity contribution is -0.138. The van der Waals surface area contributed by atoms with E-state index in [1.165, 1.54) is 11.1 Å². The predicted molar refractivity (Wildman–Crippen MR) is 128 cm³/mol. The second-order valence-corrected chi connectivity index (χ2v) is 9.66. The Morgan fingerprint density at radius 3 is 2.21 bits per heavy atom. The van der Waals surface area contributed by atoms with Gasteiger partial charge in [0, 0.05) is 24.9 Å². The van der Waals surface area contributed by atoms with E-state index in [-0.39, 0.29) is 48.5 Å². The molecule has 7 heteroatoms. The van der Waals surface area contributed by atoms with E-state index in [1.54, 1.807) is 0 Å². The first-order valence-electron chi connectivity index (χ1n) is 11.9. The number of carboxylic acid groups (broad SMARTS) is 1. The molecular formula is C27H32N2O5. The van der Waals surface area contributed by atoms with Gasteiger partial charge < -0.3 is 20.5 Å². The number of alkyl carbamates (subject to hydrolysis) is 1. The Hall–Kier alpha value is -3.35. The number of carbonyl (C=O) groups is 3. The van der Waals surface area contributed by atoms with Crippen LogP contribution < -0.4 is 10.6 Å². The molecule has 0 radical (unpaired) electrons. The third-order valence-corrected chi connectivity index (χ3v) is 7.03. The lowest BCUT2D eigenvalue weighted by Crippen LogP contribution is -2.34. The fourth-order valence-electron chi connectivity index (χ4n) is 4.79. The molecular weight excluding hydrogens is 432 g/mol. The molecule has 2 aromatic rings. The van der Waals surface area contributed by atoms with Crippen molar-refractivity contribution < 1.29 is 24.2 Å². The number of fused-ring (bicyclic) bond motifs is 3. The van der Waals surface area contributed by atoms with Gasteiger partial charge in [0.05, 0.1) is 6.42 Å². The van der Waals surface area contributed by atoms with Crippen LogP contribution in [-0.4, -0.2) is 42.8 Å². The molecule has 2 aromatic carbocycles. The number of benzene rings is 2. The zero-order valence-corrected chi connectivity index (χ0v) is 19.6. The van der Waals surface area contributed by atoms with Crippen molar-refractivity contribution in [1.82, 2.24) is 10.6 Å². The van der Waals surface area contributed by atoms with Crippen LogP contribution >= 0.6 is 0 Å². The molecule has 3 N–H and O–H groups in total. The minimum atomic E-state index is -0.857.